The maximum Gasteiger partial charge on any atom is 0.416 e. The maximum atomic E-state index is 13.8. The fourth-order valence-corrected chi connectivity index (χ4v) is 4.61. The molecule has 0 bridgehead atoms. The number of hydrogen-bond acceptors (Lipinski definition) is 2. The van der Waals surface area contributed by atoms with E-state index in [9.17, 15) is 22.4 Å². The van der Waals surface area contributed by atoms with Gasteiger partial charge >= 0.3 is 12.3 Å². The Morgan fingerprint density at radius 1 is 1.14 bits per heavy atom. The number of benzene rings is 2. The minimum atomic E-state index is -4.68. The topological polar surface area (TPSA) is 29.5 Å². The summed E-state index contributed by atoms with van der Waals surface area (Å²) < 4.78 is 59.2. The molecular weight excluding hydrogens is 442 g/mol. The van der Waals surface area contributed by atoms with Crippen LogP contribution in [-0.4, -0.2) is 17.0 Å². The van der Waals surface area contributed by atoms with E-state index in [1.807, 2.05) is 25.1 Å². The molecule has 1 amide bonds. The second-order valence-electron chi connectivity index (χ2n) is 7.17. The third-order valence-corrected chi connectivity index (χ3v) is 6.03. The quantitative estimate of drug-likeness (QED) is 0.494. The first-order valence-electron chi connectivity index (χ1n) is 8.78. The minimum absolute atomic E-state index is 0.0251. The average molecular weight is 458 g/mol. The molecule has 2 aromatic carbocycles. The number of ether oxygens (including phenoxy) is 1. The van der Waals surface area contributed by atoms with Crippen LogP contribution in [0.15, 0.2) is 40.9 Å². The largest absolute Gasteiger partial charge is 0.439 e. The van der Waals surface area contributed by atoms with Crippen molar-refractivity contribution in [3.8, 4) is 0 Å². The molecule has 148 valence electrons. The summed E-state index contributed by atoms with van der Waals surface area (Å²) in [5, 5.41) is 0. The number of fused-ring (bicyclic) bond motifs is 1. The Kier molecular flexibility index (Phi) is 4.64. The van der Waals surface area contributed by atoms with Gasteiger partial charge in [0.2, 0.25) is 0 Å². The average Bonchev–Trinajstić information content (AvgIpc) is 3.17. The summed E-state index contributed by atoms with van der Waals surface area (Å²) in [6, 6.07) is 7.45. The molecule has 3 nitrogen and oxygen atoms in total. The molecule has 3 atom stereocenters. The Hall–Kier alpha value is -2.09. The second kappa shape index (κ2) is 6.76. The van der Waals surface area contributed by atoms with Crippen LogP contribution < -0.4 is 0 Å². The van der Waals surface area contributed by atoms with Crippen LogP contribution in [0.1, 0.15) is 47.2 Å². The van der Waals surface area contributed by atoms with E-state index < -0.39 is 35.8 Å². The van der Waals surface area contributed by atoms with Gasteiger partial charge in [-0.05, 0) is 55.2 Å². The lowest BCUT2D eigenvalue weighted by molar-refractivity contribution is -0.137. The standard InChI is InChI=1S/C20H16BrF4NO2/c1-10-2-3-15(21)14(6-10)16-4-5-17-18(28-19(27)26(16)17)11-7-12(20(23,24)25)9-13(22)8-11/h2-3,6-9,16-18H,4-5H2,1H3/t16-,17-,18+/m0/s1. The van der Waals surface area contributed by atoms with Crippen LogP contribution >= 0.6 is 15.9 Å². The fourth-order valence-electron chi connectivity index (χ4n) is 4.10. The van der Waals surface area contributed by atoms with Gasteiger partial charge in [-0.3, -0.25) is 4.90 Å². The molecule has 2 heterocycles. The number of carbonyl (C=O) groups excluding carboxylic acids is 1. The first kappa shape index (κ1) is 19.2. The Morgan fingerprint density at radius 2 is 1.89 bits per heavy atom. The van der Waals surface area contributed by atoms with Gasteiger partial charge in [0, 0.05) is 4.47 Å². The van der Waals surface area contributed by atoms with Crippen LogP contribution in [0.3, 0.4) is 0 Å². The molecule has 2 aliphatic heterocycles. The number of rotatable bonds is 2. The van der Waals surface area contributed by atoms with E-state index in [1.54, 1.807) is 4.90 Å². The number of aryl methyl sites for hydroxylation is 1. The number of halogens is 5. The van der Waals surface area contributed by atoms with E-state index in [1.165, 1.54) is 0 Å². The molecule has 4 rings (SSSR count). The van der Waals surface area contributed by atoms with Crippen molar-refractivity contribution in [1.82, 2.24) is 4.90 Å². The van der Waals surface area contributed by atoms with Gasteiger partial charge in [-0.2, -0.15) is 13.2 Å². The molecule has 0 N–H and O–H groups in total. The molecule has 2 saturated heterocycles. The summed E-state index contributed by atoms with van der Waals surface area (Å²) >= 11 is 3.50. The normalized spacial score (nSPS) is 24.4. The minimum Gasteiger partial charge on any atom is -0.439 e. The van der Waals surface area contributed by atoms with E-state index in [0.717, 1.165) is 27.7 Å². The number of cyclic esters (lactones) is 1. The lowest BCUT2D eigenvalue weighted by Crippen LogP contribution is -2.30. The number of alkyl halides is 3. The zero-order valence-electron chi connectivity index (χ0n) is 14.8. The molecule has 2 aromatic rings. The van der Waals surface area contributed by atoms with Crippen LogP contribution in [0, 0.1) is 12.7 Å². The molecule has 0 aliphatic carbocycles. The first-order valence-corrected chi connectivity index (χ1v) is 9.57. The Morgan fingerprint density at radius 3 is 2.61 bits per heavy atom. The Labute approximate surface area is 167 Å². The van der Waals surface area contributed by atoms with Gasteiger partial charge in [-0.25, -0.2) is 9.18 Å². The highest BCUT2D eigenvalue weighted by atomic mass is 79.9. The molecule has 0 radical (unpaired) electrons. The Bertz CT molecular complexity index is 946. The summed E-state index contributed by atoms with van der Waals surface area (Å²) in [6.45, 7) is 1.94. The number of nitrogens with zero attached hydrogens (tertiary/aromatic N) is 1. The van der Waals surface area contributed by atoms with Gasteiger partial charge in [0.1, 0.15) is 11.9 Å². The molecule has 0 saturated carbocycles. The predicted molar refractivity (Wildman–Crippen MR) is 97.1 cm³/mol. The highest BCUT2D eigenvalue weighted by Crippen LogP contribution is 2.49. The highest BCUT2D eigenvalue weighted by Gasteiger charge is 2.51. The van der Waals surface area contributed by atoms with Crippen LogP contribution in [0.4, 0.5) is 22.4 Å². The zero-order chi connectivity index (χ0) is 20.2. The van der Waals surface area contributed by atoms with Crippen molar-refractivity contribution in [2.75, 3.05) is 0 Å². The van der Waals surface area contributed by atoms with Gasteiger partial charge in [0.05, 0.1) is 17.6 Å². The first-order chi connectivity index (χ1) is 13.1. The van der Waals surface area contributed by atoms with Crippen LogP contribution in [0.5, 0.6) is 0 Å². The highest BCUT2D eigenvalue weighted by molar-refractivity contribution is 9.10. The van der Waals surface area contributed by atoms with Crippen molar-refractivity contribution < 1.29 is 27.1 Å². The zero-order valence-corrected chi connectivity index (χ0v) is 16.3. The van der Waals surface area contributed by atoms with E-state index in [2.05, 4.69) is 15.9 Å². The van der Waals surface area contributed by atoms with Crippen molar-refractivity contribution in [1.29, 1.82) is 0 Å². The van der Waals surface area contributed by atoms with Gasteiger partial charge in [-0.1, -0.05) is 33.6 Å². The van der Waals surface area contributed by atoms with Crippen LogP contribution in [-0.2, 0) is 10.9 Å². The van der Waals surface area contributed by atoms with Gasteiger partial charge in [-0.15, -0.1) is 0 Å². The van der Waals surface area contributed by atoms with Crippen molar-refractivity contribution in [3.05, 3.63) is 68.9 Å². The van der Waals surface area contributed by atoms with Gasteiger partial charge in [0.25, 0.3) is 0 Å². The smallest absolute Gasteiger partial charge is 0.416 e. The Balaban J connectivity index is 1.69. The SMILES string of the molecule is Cc1ccc(Br)c([C@@H]2CC[C@H]3[C@@H](c4cc(F)cc(C(F)(F)F)c4)OC(=O)N23)c1. The summed E-state index contributed by atoms with van der Waals surface area (Å²) in [4.78, 5) is 14.1. The molecule has 2 aliphatic rings. The lowest BCUT2D eigenvalue weighted by atomic mass is 9.98. The number of carbonyl (C=O) groups is 1. The lowest BCUT2D eigenvalue weighted by Gasteiger charge is -2.24. The molecular formula is C20H16BrF4NO2. The molecule has 8 heteroatoms. The summed E-state index contributed by atoms with van der Waals surface area (Å²) in [5.41, 5.74) is 0.895. The van der Waals surface area contributed by atoms with Gasteiger partial charge in [0.15, 0.2) is 0 Å². The maximum absolute atomic E-state index is 13.8. The van der Waals surface area contributed by atoms with E-state index in [0.29, 0.717) is 18.9 Å². The van der Waals surface area contributed by atoms with E-state index >= 15 is 0 Å². The van der Waals surface area contributed by atoms with Crippen LogP contribution in [0.2, 0.25) is 0 Å². The molecule has 2 fully saturated rings. The third kappa shape index (κ3) is 3.27. The number of amides is 1. The molecule has 0 spiro atoms. The summed E-state index contributed by atoms with van der Waals surface area (Å²) in [6.07, 6.45) is -5.00. The summed E-state index contributed by atoms with van der Waals surface area (Å²) in [7, 11) is 0. The number of hydrogen-bond donors (Lipinski definition) is 0. The molecule has 0 unspecified atom stereocenters. The van der Waals surface area contributed by atoms with E-state index in [-0.39, 0.29) is 11.6 Å². The van der Waals surface area contributed by atoms with Crippen molar-refractivity contribution in [2.45, 2.75) is 44.1 Å². The van der Waals surface area contributed by atoms with Gasteiger partial charge < -0.3 is 4.74 Å². The third-order valence-electron chi connectivity index (χ3n) is 5.30. The predicted octanol–water partition coefficient (Wildman–Crippen LogP) is 6.31. The monoisotopic (exact) mass is 457 g/mol. The fraction of sp³-hybridized carbons (Fsp3) is 0.350. The summed E-state index contributed by atoms with van der Waals surface area (Å²) in [5.74, 6) is -1.00. The molecule has 0 aromatic heterocycles. The molecule has 28 heavy (non-hydrogen) atoms. The van der Waals surface area contributed by atoms with E-state index in [4.69, 9.17) is 4.74 Å². The van der Waals surface area contributed by atoms with Crippen molar-refractivity contribution in [3.63, 3.8) is 0 Å². The van der Waals surface area contributed by atoms with Crippen molar-refractivity contribution >= 4 is 22.0 Å². The van der Waals surface area contributed by atoms with Crippen LogP contribution in [0.25, 0.3) is 0 Å². The second-order valence-corrected chi connectivity index (χ2v) is 8.02. The van der Waals surface area contributed by atoms with Crippen molar-refractivity contribution in [2.24, 2.45) is 0 Å².